The Hall–Kier alpha value is -1.14. The van der Waals surface area contributed by atoms with Gasteiger partial charge in [0.15, 0.2) is 0 Å². The Morgan fingerprint density at radius 2 is 0.824 bits per heavy atom. The number of nitrogens with one attached hydrogen (secondary N) is 2. The first-order valence-corrected chi connectivity index (χ1v) is 13.5. The van der Waals surface area contributed by atoms with Gasteiger partial charge in [-0.15, -0.1) is 0 Å². The van der Waals surface area contributed by atoms with E-state index in [1.165, 1.54) is 0 Å². The number of ether oxygens (including phenoxy) is 2. The first kappa shape index (κ1) is 29.1. The van der Waals surface area contributed by atoms with Crippen LogP contribution in [0.3, 0.4) is 0 Å². The van der Waals surface area contributed by atoms with Gasteiger partial charge in [0.2, 0.25) is 0 Å². The number of esters is 2. The smallest absolute Gasteiger partial charge is 0.306 e. The zero-order valence-corrected chi connectivity index (χ0v) is 23.3. The molecule has 0 saturated carbocycles. The third kappa shape index (κ3) is 8.22. The van der Waals surface area contributed by atoms with E-state index < -0.39 is 0 Å². The van der Waals surface area contributed by atoms with Crippen molar-refractivity contribution >= 4 is 11.9 Å². The van der Waals surface area contributed by atoms with E-state index in [-0.39, 0.29) is 45.8 Å². The first-order valence-electron chi connectivity index (χ1n) is 13.5. The minimum Gasteiger partial charge on any atom is -0.461 e. The van der Waals surface area contributed by atoms with Gasteiger partial charge in [-0.2, -0.15) is 0 Å². The summed E-state index contributed by atoms with van der Waals surface area (Å²) in [5, 5.41) is 6.91. The summed E-state index contributed by atoms with van der Waals surface area (Å²) >= 11 is 0. The van der Waals surface area contributed by atoms with E-state index in [1.54, 1.807) is 0 Å². The van der Waals surface area contributed by atoms with Gasteiger partial charge in [-0.1, -0.05) is 81.1 Å². The van der Waals surface area contributed by atoms with Crippen LogP contribution in [0.5, 0.6) is 0 Å². The fourth-order valence-corrected chi connectivity index (χ4v) is 6.16. The Kier molecular flexibility index (Phi) is 10.0. The summed E-state index contributed by atoms with van der Waals surface area (Å²) in [6.45, 7) is 20.8. The number of hydrogen-bond donors (Lipinski definition) is 2. The van der Waals surface area contributed by atoms with Crippen LogP contribution in [-0.2, 0) is 19.1 Å². The van der Waals surface area contributed by atoms with Gasteiger partial charge in [-0.25, -0.2) is 0 Å². The standard InChI is InChI=1S/C28H52N2O4/c1-25(2)17-29-18-26(3,4)23(25)33-21(31)15-13-11-9-10-12-14-16-22(32)34-24-27(5,6)19-30-20-28(24,7)8/h23-24,29-30H,9-20H2,1-8H3. The molecule has 0 aromatic carbocycles. The molecule has 0 aliphatic carbocycles. The minimum atomic E-state index is -0.0699. The molecule has 198 valence electrons. The average Bonchev–Trinajstić information content (AvgIpc) is 2.69. The second-order valence-corrected chi connectivity index (χ2v) is 13.5. The van der Waals surface area contributed by atoms with Crippen LogP contribution >= 0.6 is 0 Å². The molecular formula is C28H52N2O4. The topological polar surface area (TPSA) is 76.7 Å². The number of carbonyl (C=O) groups excluding carboxylic acids is 2. The molecule has 2 N–H and O–H groups in total. The van der Waals surface area contributed by atoms with Crippen molar-refractivity contribution in [1.29, 1.82) is 0 Å². The predicted molar refractivity (Wildman–Crippen MR) is 138 cm³/mol. The quantitative estimate of drug-likeness (QED) is 0.311. The molecule has 0 atom stereocenters. The maximum absolute atomic E-state index is 12.5. The van der Waals surface area contributed by atoms with Crippen LogP contribution in [0, 0.1) is 21.7 Å². The normalized spacial score (nSPS) is 23.9. The number of carbonyl (C=O) groups is 2. The molecular weight excluding hydrogens is 428 g/mol. The Morgan fingerprint density at radius 1 is 0.559 bits per heavy atom. The van der Waals surface area contributed by atoms with Crippen molar-refractivity contribution in [3.63, 3.8) is 0 Å². The number of rotatable bonds is 11. The predicted octanol–water partition coefficient (Wildman–Crippen LogP) is 5.24. The highest BCUT2D eigenvalue weighted by molar-refractivity contribution is 5.70. The summed E-state index contributed by atoms with van der Waals surface area (Å²) in [4.78, 5) is 24.9. The van der Waals surface area contributed by atoms with Crippen LogP contribution in [0.2, 0.25) is 0 Å². The Labute approximate surface area is 208 Å². The number of hydrogen-bond acceptors (Lipinski definition) is 6. The summed E-state index contributed by atoms with van der Waals surface area (Å²) in [7, 11) is 0. The number of unbranched alkanes of at least 4 members (excludes halogenated alkanes) is 5. The van der Waals surface area contributed by atoms with E-state index in [0.717, 1.165) is 64.7 Å². The van der Waals surface area contributed by atoms with Crippen molar-refractivity contribution in [3.05, 3.63) is 0 Å². The lowest BCUT2D eigenvalue weighted by Crippen LogP contribution is -2.58. The lowest BCUT2D eigenvalue weighted by Gasteiger charge is -2.48. The molecule has 0 bridgehead atoms. The van der Waals surface area contributed by atoms with Crippen molar-refractivity contribution in [2.75, 3.05) is 26.2 Å². The lowest BCUT2D eigenvalue weighted by molar-refractivity contribution is -0.170. The van der Waals surface area contributed by atoms with Crippen LogP contribution in [0.1, 0.15) is 107 Å². The molecule has 34 heavy (non-hydrogen) atoms. The molecule has 2 aliphatic rings. The summed E-state index contributed by atoms with van der Waals surface area (Å²) < 4.78 is 11.9. The molecule has 2 aliphatic heterocycles. The van der Waals surface area contributed by atoms with Gasteiger partial charge < -0.3 is 20.1 Å². The second kappa shape index (κ2) is 11.7. The molecule has 6 nitrogen and oxygen atoms in total. The Bertz CT molecular complexity index is 594. The van der Waals surface area contributed by atoms with E-state index in [9.17, 15) is 9.59 Å². The van der Waals surface area contributed by atoms with Gasteiger partial charge >= 0.3 is 11.9 Å². The van der Waals surface area contributed by atoms with Crippen LogP contribution < -0.4 is 10.6 Å². The van der Waals surface area contributed by atoms with Crippen molar-refractivity contribution < 1.29 is 19.1 Å². The molecule has 2 saturated heterocycles. The zero-order chi connectivity index (χ0) is 25.6. The molecule has 6 heteroatoms. The van der Waals surface area contributed by atoms with E-state index in [2.05, 4.69) is 66.0 Å². The third-order valence-corrected chi connectivity index (χ3v) is 7.67. The molecule has 0 radical (unpaired) electrons. The lowest BCUT2D eigenvalue weighted by atomic mass is 9.69. The van der Waals surface area contributed by atoms with Crippen LogP contribution in [0.25, 0.3) is 0 Å². The van der Waals surface area contributed by atoms with Gasteiger partial charge in [0, 0.05) is 60.7 Å². The van der Waals surface area contributed by atoms with Crippen molar-refractivity contribution in [2.24, 2.45) is 21.7 Å². The molecule has 0 amide bonds. The SMILES string of the molecule is CC1(C)CNCC(C)(C)C1OC(=O)CCCCCCCCC(=O)OC1C(C)(C)CNCC1(C)C. The van der Waals surface area contributed by atoms with Crippen molar-refractivity contribution in [1.82, 2.24) is 10.6 Å². The highest BCUT2D eigenvalue weighted by Gasteiger charge is 2.47. The van der Waals surface area contributed by atoms with E-state index in [4.69, 9.17) is 9.47 Å². The van der Waals surface area contributed by atoms with Crippen LogP contribution in [0.4, 0.5) is 0 Å². The summed E-state index contributed by atoms with van der Waals surface area (Å²) in [6, 6.07) is 0. The summed E-state index contributed by atoms with van der Waals surface area (Å²) in [5.74, 6) is -0.140. The molecule has 0 spiro atoms. The van der Waals surface area contributed by atoms with E-state index in [0.29, 0.717) is 12.8 Å². The van der Waals surface area contributed by atoms with Crippen LogP contribution in [0.15, 0.2) is 0 Å². The molecule has 2 rings (SSSR count). The van der Waals surface area contributed by atoms with Gasteiger partial charge in [-0.05, 0) is 12.8 Å². The van der Waals surface area contributed by atoms with Crippen LogP contribution in [-0.4, -0.2) is 50.3 Å². The fourth-order valence-electron chi connectivity index (χ4n) is 6.16. The average molecular weight is 481 g/mol. The van der Waals surface area contributed by atoms with Gasteiger partial charge in [0.1, 0.15) is 12.2 Å². The summed E-state index contributed by atoms with van der Waals surface area (Å²) in [6.07, 6.45) is 6.81. The van der Waals surface area contributed by atoms with Gasteiger partial charge in [-0.3, -0.25) is 9.59 Å². The monoisotopic (exact) mass is 480 g/mol. The van der Waals surface area contributed by atoms with E-state index >= 15 is 0 Å². The largest absolute Gasteiger partial charge is 0.461 e. The molecule has 2 fully saturated rings. The molecule has 2 heterocycles. The highest BCUT2D eigenvalue weighted by atomic mass is 16.5. The van der Waals surface area contributed by atoms with E-state index in [1.807, 2.05) is 0 Å². The van der Waals surface area contributed by atoms with Gasteiger partial charge in [0.25, 0.3) is 0 Å². The highest BCUT2D eigenvalue weighted by Crippen LogP contribution is 2.40. The maximum atomic E-state index is 12.5. The summed E-state index contributed by atoms with van der Waals surface area (Å²) in [5.41, 5.74) is -0.230. The molecule has 0 aromatic heterocycles. The first-order chi connectivity index (χ1) is 15.7. The molecule has 0 aromatic rings. The number of piperidine rings is 2. The Balaban J connectivity index is 1.57. The minimum absolute atomic E-state index is 0.0576. The fraction of sp³-hybridized carbons (Fsp3) is 0.929. The Morgan fingerprint density at radius 3 is 1.12 bits per heavy atom. The molecule has 0 unspecified atom stereocenters. The van der Waals surface area contributed by atoms with Crippen molar-refractivity contribution in [2.45, 2.75) is 119 Å². The van der Waals surface area contributed by atoms with Crippen molar-refractivity contribution in [3.8, 4) is 0 Å². The maximum Gasteiger partial charge on any atom is 0.306 e. The van der Waals surface area contributed by atoms with Gasteiger partial charge in [0.05, 0.1) is 0 Å². The zero-order valence-electron chi connectivity index (χ0n) is 23.3. The third-order valence-electron chi connectivity index (χ3n) is 7.67. The second-order valence-electron chi connectivity index (χ2n) is 13.5.